The van der Waals surface area contributed by atoms with E-state index in [4.69, 9.17) is 13.8 Å². The molecular weight excluding hydrogens is 366 g/mol. The number of hydrogen-bond acceptors (Lipinski definition) is 6. The molecule has 2 atom stereocenters. The van der Waals surface area contributed by atoms with Gasteiger partial charge in [-0.25, -0.2) is 0 Å². The third kappa shape index (κ3) is 9.00. The van der Waals surface area contributed by atoms with Crippen LogP contribution in [0.2, 0.25) is 0 Å². The first kappa shape index (κ1) is 22.9. The summed E-state index contributed by atoms with van der Waals surface area (Å²) in [6.45, 7) is 0.211. The third-order valence-electron chi connectivity index (χ3n) is 4.06. The molecule has 26 heavy (non-hydrogen) atoms. The number of methoxy groups -OCH3 is 1. The quantitative estimate of drug-likeness (QED) is 0.299. The Balaban J connectivity index is 2.35. The van der Waals surface area contributed by atoms with Gasteiger partial charge < -0.3 is 28.9 Å². The van der Waals surface area contributed by atoms with Crippen molar-refractivity contribution in [3.63, 3.8) is 0 Å². The average molecular weight is 394 g/mol. The van der Waals surface area contributed by atoms with E-state index in [1.807, 2.05) is 0 Å². The number of nitrogens with zero attached hydrogens (tertiary/aromatic N) is 1. The van der Waals surface area contributed by atoms with Gasteiger partial charge in [0.25, 0.3) is 5.91 Å². The van der Waals surface area contributed by atoms with E-state index >= 15 is 0 Å². The lowest BCUT2D eigenvalue weighted by Gasteiger charge is -2.24. The zero-order chi connectivity index (χ0) is 19.4. The molecule has 0 saturated heterocycles. The van der Waals surface area contributed by atoms with Crippen molar-refractivity contribution in [2.24, 2.45) is 0 Å². The molecule has 1 saturated carbocycles. The van der Waals surface area contributed by atoms with E-state index in [9.17, 15) is 18.9 Å². The lowest BCUT2D eigenvalue weighted by molar-refractivity contribution is -0.118. The van der Waals surface area contributed by atoms with Gasteiger partial charge in [-0.2, -0.15) is 4.39 Å². The number of likely N-dealkylation sites (N-methyl/N-ethyl adjacent to an activating group) is 1. The van der Waals surface area contributed by atoms with Crippen LogP contribution in [0.3, 0.4) is 0 Å². The van der Waals surface area contributed by atoms with Gasteiger partial charge >= 0.3 is 8.60 Å². The topological polar surface area (TPSA) is 97.3 Å². The predicted octanol–water partition coefficient (Wildman–Crippen LogP) is 1.99. The first-order chi connectivity index (χ1) is 12.5. The second kappa shape index (κ2) is 13.1. The molecule has 1 rings (SSSR count). The van der Waals surface area contributed by atoms with Gasteiger partial charge in [0.1, 0.15) is 0 Å². The molecule has 0 radical (unpaired) electrons. The molecule has 150 valence electrons. The van der Waals surface area contributed by atoms with Crippen LogP contribution in [0.5, 0.6) is 0 Å². The van der Waals surface area contributed by atoms with Crippen LogP contribution in [0.4, 0.5) is 4.39 Å². The van der Waals surface area contributed by atoms with Crippen LogP contribution in [0.25, 0.3) is 0 Å². The lowest BCUT2D eigenvalue weighted by Crippen LogP contribution is -2.27. The summed E-state index contributed by atoms with van der Waals surface area (Å²) in [4.78, 5) is 33.0. The number of ether oxygens (including phenoxy) is 1. The molecule has 0 aliphatic heterocycles. The number of nitrogens with one attached hydrogen (secondary N) is 1. The summed E-state index contributed by atoms with van der Waals surface area (Å²) in [5, 5.41) is 2.13. The number of hydrogen-bond donors (Lipinski definition) is 2. The van der Waals surface area contributed by atoms with E-state index in [-0.39, 0.29) is 19.3 Å². The van der Waals surface area contributed by atoms with Crippen molar-refractivity contribution < 1.29 is 32.7 Å². The molecule has 1 aliphatic rings. The highest BCUT2D eigenvalue weighted by molar-refractivity contribution is 7.40. The molecule has 0 aromatic carbocycles. The molecule has 0 aromatic heterocycles. The van der Waals surface area contributed by atoms with Crippen molar-refractivity contribution in [1.82, 2.24) is 10.2 Å². The minimum atomic E-state index is -1.98. The van der Waals surface area contributed by atoms with Crippen molar-refractivity contribution in [3.8, 4) is 0 Å². The third-order valence-corrected chi connectivity index (χ3v) is 4.91. The molecule has 0 bridgehead atoms. The maximum Gasteiger partial charge on any atom is 0.330 e. The van der Waals surface area contributed by atoms with Crippen molar-refractivity contribution in [1.29, 1.82) is 0 Å². The molecule has 8 nitrogen and oxygen atoms in total. The zero-order valence-corrected chi connectivity index (χ0v) is 16.1. The van der Waals surface area contributed by atoms with Crippen LogP contribution in [0.15, 0.2) is 12.0 Å². The minimum Gasteiger partial charge on any atom is -0.379 e. The number of halogens is 1. The molecular formula is C16H28FN2O6P. The van der Waals surface area contributed by atoms with Crippen LogP contribution in [0, 0.1) is 0 Å². The zero-order valence-electron chi connectivity index (χ0n) is 15.2. The van der Waals surface area contributed by atoms with Gasteiger partial charge in [0, 0.05) is 26.9 Å². The van der Waals surface area contributed by atoms with Crippen molar-refractivity contribution in [3.05, 3.63) is 12.0 Å². The number of rotatable bonds is 12. The second-order valence-electron chi connectivity index (χ2n) is 5.94. The highest BCUT2D eigenvalue weighted by Gasteiger charge is 2.21. The molecule has 2 N–H and O–H groups in total. The Bertz CT molecular complexity index is 462. The summed E-state index contributed by atoms with van der Waals surface area (Å²) in [6.07, 6.45) is 6.42. The molecule has 0 aromatic rings. The van der Waals surface area contributed by atoms with Crippen LogP contribution in [-0.4, -0.2) is 61.6 Å². The summed E-state index contributed by atoms with van der Waals surface area (Å²) < 4.78 is 29.5. The number of carbonyl (C=O) groups excluding carboxylic acids is 2. The summed E-state index contributed by atoms with van der Waals surface area (Å²) in [7, 11) is 0.783. The molecule has 1 fully saturated rings. The van der Waals surface area contributed by atoms with Gasteiger partial charge in [-0.3, -0.25) is 9.59 Å². The summed E-state index contributed by atoms with van der Waals surface area (Å²) in [5.41, 5.74) is 0. The van der Waals surface area contributed by atoms with Crippen LogP contribution in [0.1, 0.15) is 38.5 Å². The summed E-state index contributed by atoms with van der Waals surface area (Å²) in [6, 6.07) is 0. The molecule has 10 heteroatoms. The monoisotopic (exact) mass is 394 g/mol. The Morgan fingerprint density at radius 2 is 2.12 bits per heavy atom. The normalized spacial score (nSPS) is 18.2. The van der Waals surface area contributed by atoms with Gasteiger partial charge in [-0.05, 0) is 19.3 Å². The van der Waals surface area contributed by atoms with Gasteiger partial charge in [0.2, 0.25) is 12.2 Å². The predicted molar refractivity (Wildman–Crippen MR) is 94.5 cm³/mol. The molecule has 0 spiro atoms. The van der Waals surface area contributed by atoms with Crippen molar-refractivity contribution in [2.45, 2.75) is 50.7 Å². The van der Waals surface area contributed by atoms with Crippen LogP contribution < -0.4 is 5.32 Å². The fraction of sp³-hybridized carbons (Fsp3) is 0.750. The standard InChI is InChI=1S/C16H28FN2O6P/c1-18-16(21)15(17)10-19(12-20)9-8-14(23-2)11-24-26(22)25-13-6-4-3-5-7-13/h10,12-14,22H,3-9,11H2,1-2H3,(H,18,21)/b15-10+. The molecule has 2 amide bonds. The first-order valence-corrected chi connectivity index (χ1v) is 9.75. The fourth-order valence-corrected chi connectivity index (χ4v) is 3.33. The Morgan fingerprint density at radius 3 is 2.69 bits per heavy atom. The van der Waals surface area contributed by atoms with E-state index in [0.717, 1.165) is 36.8 Å². The lowest BCUT2D eigenvalue weighted by atomic mass is 9.98. The van der Waals surface area contributed by atoms with Gasteiger partial charge in [0.05, 0.1) is 18.8 Å². The van der Waals surface area contributed by atoms with Crippen molar-refractivity contribution >= 4 is 20.9 Å². The Morgan fingerprint density at radius 1 is 1.42 bits per heavy atom. The summed E-state index contributed by atoms with van der Waals surface area (Å²) in [5.74, 6) is -1.97. The van der Waals surface area contributed by atoms with Crippen LogP contribution >= 0.6 is 8.60 Å². The highest BCUT2D eigenvalue weighted by atomic mass is 31.2. The molecule has 1 aliphatic carbocycles. The van der Waals surface area contributed by atoms with Crippen molar-refractivity contribution in [2.75, 3.05) is 27.3 Å². The highest BCUT2D eigenvalue weighted by Crippen LogP contribution is 2.38. The average Bonchev–Trinajstić information content (AvgIpc) is 2.66. The van der Waals surface area contributed by atoms with Gasteiger partial charge in [0.15, 0.2) is 0 Å². The van der Waals surface area contributed by atoms with E-state index in [1.165, 1.54) is 20.6 Å². The first-order valence-electron chi connectivity index (χ1n) is 8.62. The molecule has 0 heterocycles. The van der Waals surface area contributed by atoms with Gasteiger partial charge in [-0.1, -0.05) is 19.3 Å². The Kier molecular flexibility index (Phi) is 11.6. The van der Waals surface area contributed by atoms with E-state index in [2.05, 4.69) is 5.32 Å². The van der Waals surface area contributed by atoms with E-state index < -0.39 is 26.4 Å². The van der Waals surface area contributed by atoms with E-state index in [0.29, 0.717) is 12.8 Å². The van der Waals surface area contributed by atoms with Crippen LogP contribution in [-0.2, 0) is 23.4 Å². The molecule has 2 unspecified atom stereocenters. The van der Waals surface area contributed by atoms with E-state index in [1.54, 1.807) is 0 Å². The minimum absolute atomic E-state index is 0.0317. The maximum absolute atomic E-state index is 13.5. The number of amides is 2. The number of carbonyl (C=O) groups is 2. The Hall–Kier alpha value is -1.12. The summed E-state index contributed by atoms with van der Waals surface area (Å²) >= 11 is 0. The SMILES string of the molecule is CNC(=O)/C(F)=C\N(C=O)CCC(COP(O)OC1CCCCC1)OC. The largest absolute Gasteiger partial charge is 0.379 e. The second-order valence-corrected chi connectivity index (χ2v) is 6.89. The van der Waals surface area contributed by atoms with Gasteiger partial charge in [-0.15, -0.1) is 0 Å². The fourth-order valence-electron chi connectivity index (χ4n) is 2.51. The Labute approximate surface area is 154 Å². The smallest absolute Gasteiger partial charge is 0.330 e. The maximum atomic E-state index is 13.5.